The molecular weight excluding hydrogens is 476 g/mol. The molecule has 0 heterocycles. The van der Waals surface area contributed by atoms with Gasteiger partial charge in [0.1, 0.15) is 6.10 Å². The lowest BCUT2D eigenvalue weighted by Gasteiger charge is -2.59. The van der Waals surface area contributed by atoms with E-state index in [1.807, 2.05) is 30.3 Å². The summed E-state index contributed by atoms with van der Waals surface area (Å²) in [6, 6.07) is 9.41. The van der Waals surface area contributed by atoms with Crippen molar-refractivity contribution in [2.45, 2.75) is 110 Å². The van der Waals surface area contributed by atoms with E-state index >= 15 is 0 Å². The first-order valence-electron chi connectivity index (χ1n) is 15.2. The van der Waals surface area contributed by atoms with E-state index in [0.717, 1.165) is 37.0 Å². The summed E-state index contributed by atoms with van der Waals surface area (Å²) in [7, 11) is 0. The van der Waals surface area contributed by atoms with Crippen LogP contribution >= 0.6 is 11.6 Å². The van der Waals surface area contributed by atoms with Crippen LogP contribution < -0.4 is 0 Å². The van der Waals surface area contributed by atoms with Crippen LogP contribution in [-0.2, 0) is 4.74 Å². The second kappa shape index (κ2) is 10.7. The summed E-state index contributed by atoms with van der Waals surface area (Å²) in [6.45, 7) is 12.4. The van der Waals surface area contributed by atoms with Crippen molar-refractivity contribution in [3.05, 3.63) is 47.5 Å². The van der Waals surface area contributed by atoms with E-state index in [1.165, 1.54) is 44.9 Å². The molecule has 204 valence electrons. The van der Waals surface area contributed by atoms with Crippen molar-refractivity contribution in [2.24, 2.45) is 46.3 Å². The molecule has 1 aromatic carbocycles. The second-order valence-corrected chi connectivity index (χ2v) is 14.5. The highest BCUT2D eigenvalue weighted by atomic mass is 35.5. The summed E-state index contributed by atoms with van der Waals surface area (Å²) in [6.07, 6.45) is 14.9. The van der Waals surface area contributed by atoms with Crippen molar-refractivity contribution in [2.75, 3.05) is 0 Å². The first kappa shape index (κ1) is 27.3. The predicted molar refractivity (Wildman–Crippen MR) is 154 cm³/mol. The van der Waals surface area contributed by atoms with Crippen LogP contribution in [0.25, 0.3) is 0 Å². The molecule has 9 unspecified atom stereocenters. The zero-order chi connectivity index (χ0) is 26.4. The quantitative estimate of drug-likeness (QED) is 0.201. The van der Waals surface area contributed by atoms with Crippen molar-refractivity contribution in [3.63, 3.8) is 0 Å². The maximum Gasteiger partial charge on any atom is 0.338 e. The number of hydrogen-bond donors (Lipinski definition) is 0. The molecule has 0 aliphatic heterocycles. The summed E-state index contributed by atoms with van der Waals surface area (Å²) in [5, 5.41) is 0.0411. The third kappa shape index (κ3) is 5.06. The van der Waals surface area contributed by atoms with Crippen molar-refractivity contribution >= 4 is 17.6 Å². The summed E-state index contributed by atoms with van der Waals surface area (Å²) in [4.78, 5) is 12.7. The van der Waals surface area contributed by atoms with Crippen molar-refractivity contribution < 1.29 is 9.53 Å². The van der Waals surface area contributed by atoms with Gasteiger partial charge in [-0.2, -0.15) is 0 Å². The van der Waals surface area contributed by atoms with E-state index in [2.05, 4.69) is 40.7 Å². The number of rotatable bonds is 7. The van der Waals surface area contributed by atoms with E-state index in [4.69, 9.17) is 16.3 Å². The molecule has 0 bridgehead atoms. The highest BCUT2D eigenvalue weighted by Crippen LogP contribution is 2.67. The fourth-order valence-electron chi connectivity index (χ4n) is 9.42. The normalized spacial score (nSPS) is 39.8. The lowest BCUT2D eigenvalue weighted by Crippen LogP contribution is -2.53. The molecule has 0 aromatic heterocycles. The van der Waals surface area contributed by atoms with Gasteiger partial charge in [0.2, 0.25) is 0 Å². The minimum atomic E-state index is -0.194. The average Bonchev–Trinajstić information content (AvgIpc) is 3.22. The summed E-state index contributed by atoms with van der Waals surface area (Å²) >= 11 is 7.23. The number of allylic oxidation sites excluding steroid dienone is 2. The standard InChI is InChI=1S/C34H49ClO2/c1-22(2)10-9-11-23(3)27-14-15-28-26-21-31(35)30-20-25(37-32(36)24-12-7-6-8-13-24)16-18-34(30,5)29(26)17-19-33(27,28)4/h6-8,12-13,21-23,25,27-31H,9-11,14-20H2,1-5H3. The fraction of sp³-hybridized carbons (Fsp3) is 0.735. The van der Waals surface area contributed by atoms with Gasteiger partial charge in [-0.3, -0.25) is 0 Å². The first-order valence-corrected chi connectivity index (χ1v) is 15.7. The molecule has 0 N–H and O–H groups in total. The van der Waals surface area contributed by atoms with E-state index in [1.54, 1.807) is 5.57 Å². The summed E-state index contributed by atoms with van der Waals surface area (Å²) < 4.78 is 6.01. The van der Waals surface area contributed by atoms with E-state index < -0.39 is 0 Å². The van der Waals surface area contributed by atoms with Crippen molar-refractivity contribution in [1.82, 2.24) is 0 Å². The van der Waals surface area contributed by atoms with Crippen molar-refractivity contribution in [3.8, 4) is 0 Å². The lowest BCUT2D eigenvalue weighted by atomic mass is 9.47. The third-order valence-electron chi connectivity index (χ3n) is 11.5. The van der Waals surface area contributed by atoms with E-state index in [0.29, 0.717) is 28.7 Å². The van der Waals surface area contributed by atoms with Crippen LogP contribution in [0.4, 0.5) is 0 Å². The fourth-order valence-corrected chi connectivity index (χ4v) is 9.95. The summed E-state index contributed by atoms with van der Waals surface area (Å²) in [5.41, 5.74) is 3.00. The number of hydrogen-bond acceptors (Lipinski definition) is 2. The Morgan fingerprint density at radius 3 is 2.41 bits per heavy atom. The molecule has 2 nitrogen and oxygen atoms in total. The molecule has 4 aliphatic carbocycles. The molecule has 3 heteroatoms. The molecule has 5 rings (SSSR count). The first-order chi connectivity index (χ1) is 17.6. The Labute approximate surface area is 231 Å². The largest absolute Gasteiger partial charge is 0.459 e. The number of alkyl halides is 1. The Hall–Kier alpha value is -1.28. The minimum absolute atomic E-state index is 0.0293. The van der Waals surface area contributed by atoms with Crippen LogP contribution in [0.5, 0.6) is 0 Å². The topological polar surface area (TPSA) is 26.3 Å². The highest BCUT2D eigenvalue weighted by molar-refractivity contribution is 6.22. The Morgan fingerprint density at radius 1 is 0.973 bits per heavy atom. The highest BCUT2D eigenvalue weighted by Gasteiger charge is 2.59. The van der Waals surface area contributed by atoms with Gasteiger partial charge in [0.15, 0.2) is 0 Å². The molecule has 37 heavy (non-hydrogen) atoms. The second-order valence-electron chi connectivity index (χ2n) is 14.0. The summed E-state index contributed by atoms with van der Waals surface area (Å²) in [5.74, 6) is 4.01. The van der Waals surface area contributed by atoms with Gasteiger partial charge in [-0.1, -0.05) is 83.7 Å². The maximum absolute atomic E-state index is 12.7. The molecule has 0 spiro atoms. The molecular formula is C34H49ClO2. The lowest BCUT2D eigenvalue weighted by molar-refractivity contribution is -0.0511. The zero-order valence-corrected chi connectivity index (χ0v) is 24.6. The smallest absolute Gasteiger partial charge is 0.338 e. The molecule has 3 saturated carbocycles. The van der Waals surface area contributed by atoms with Gasteiger partial charge in [-0.15, -0.1) is 11.6 Å². The van der Waals surface area contributed by atoms with Gasteiger partial charge in [0.25, 0.3) is 0 Å². The van der Waals surface area contributed by atoms with E-state index in [9.17, 15) is 4.79 Å². The van der Waals surface area contributed by atoms with Gasteiger partial charge in [0.05, 0.1) is 10.9 Å². The number of carbonyl (C=O) groups excluding carboxylic acids is 1. The number of esters is 1. The molecule has 3 fully saturated rings. The number of ether oxygens (including phenoxy) is 1. The van der Waals surface area contributed by atoms with Gasteiger partial charge in [0, 0.05) is 0 Å². The average molecular weight is 525 g/mol. The Balaban J connectivity index is 1.29. The van der Waals surface area contributed by atoms with Gasteiger partial charge < -0.3 is 4.74 Å². The maximum atomic E-state index is 12.7. The molecule has 1 aromatic rings. The Kier molecular flexibility index (Phi) is 7.90. The third-order valence-corrected chi connectivity index (χ3v) is 11.9. The van der Waals surface area contributed by atoms with Crippen LogP contribution in [0.1, 0.15) is 109 Å². The molecule has 9 atom stereocenters. The van der Waals surface area contributed by atoms with Gasteiger partial charge in [-0.05, 0) is 103 Å². The van der Waals surface area contributed by atoms with Gasteiger partial charge >= 0.3 is 5.97 Å². The minimum Gasteiger partial charge on any atom is -0.459 e. The molecule has 4 aliphatic rings. The molecule has 0 saturated heterocycles. The van der Waals surface area contributed by atoms with E-state index in [-0.39, 0.29) is 22.9 Å². The zero-order valence-electron chi connectivity index (χ0n) is 23.8. The Bertz CT molecular complexity index is 985. The van der Waals surface area contributed by atoms with Gasteiger partial charge in [-0.25, -0.2) is 4.79 Å². The van der Waals surface area contributed by atoms with Crippen molar-refractivity contribution in [1.29, 1.82) is 0 Å². The molecule has 0 amide bonds. The SMILES string of the molecule is CC(C)CCCC(C)C1CCC2C3=CC(Cl)C4CC(OC(=O)c5ccccc5)CCC4(C)C3CCC21C. The Morgan fingerprint density at radius 2 is 1.68 bits per heavy atom. The van der Waals surface area contributed by atoms with Crippen LogP contribution in [-0.4, -0.2) is 17.5 Å². The van der Waals surface area contributed by atoms with Crippen LogP contribution in [0.2, 0.25) is 0 Å². The monoisotopic (exact) mass is 524 g/mol. The predicted octanol–water partition coefficient (Wildman–Crippen LogP) is 9.47. The number of carbonyl (C=O) groups is 1. The molecule has 0 radical (unpaired) electrons. The number of halogens is 1. The number of fused-ring (bicyclic) bond motifs is 5. The number of benzene rings is 1. The van der Waals surface area contributed by atoms with Crippen LogP contribution in [0.15, 0.2) is 42.0 Å². The van der Waals surface area contributed by atoms with Crippen LogP contribution in [0.3, 0.4) is 0 Å². The van der Waals surface area contributed by atoms with Crippen LogP contribution in [0, 0.1) is 46.3 Å².